The summed E-state index contributed by atoms with van der Waals surface area (Å²) in [6, 6.07) is 1.83. The highest BCUT2D eigenvalue weighted by Gasteiger charge is 2.27. The number of nitrogens with zero attached hydrogens (tertiary/aromatic N) is 2. The summed E-state index contributed by atoms with van der Waals surface area (Å²) in [5.74, 6) is 0.518. The highest BCUT2D eigenvalue weighted by molar-refractivity contribution is 7.18. The number of fused-ring (bicyclic) bond motifs is 1. The minimum atomic E-state index is -4.28. The Hall–Kier alpha value is -1.57. The van der Waals surface area contributed by atoms with Gasteiger partial charge in [-0.05, 0) is 12.5 Å². The number of aromatic nitrogens is 2. The average Bonchev–Trinajstić information content (AvgIpc) is 2.77. The van der Waals surface area contributed by atoms with Gasteiger partial charge in [0, 0.05) is 11.9 Å². The molecule has 8 heteroatoms. The van der Waals surface area contributed by atoms with Crippen molar-refractivity contribution < 1.29 is 13.2 Å². The molecule has 0 aliphatic rings. The molecule has 0 bridgehead atoms. The number of halogens is 3. The van der Waals surface area contributed by atoms with Gasteiger partial charge >= 0.3 is 6.18 Å². The molecule has 19 heavy (non-hydrogen) atoms. The second-order valence-electron chi connectivity index (χ2n) is 3.90. The third kappa shape index (κ3) is 3.25. The minimum Gasteiger partial charge on any atom is -0.360 e. The van der Waals surface area contributed by atoms with Gasteiger partial charge in [0.1, 0.15) is 17.2 Å². The van der Waals surface area contributed by atoms with E-state index in [1.54, 1.807) is 7.05 Å². The van der Waals surface area contributed by atoms with Gasteiger partial charge in [-0.25, -0.2) is 4.98 Å². The number of hydrogen-bond donors (Lipinski definition) is 2. The molecule has 0 spiro atoms. The van der Waals surface area contributed by atoms with Crippen molar-refractivity contribution in [3.05, 3.63) is 10.9 Å². The van der Waals surface area contributed by atoms with E-state index in [0.29, 0.717) is 16.2 Å². The molecular weight excluding hydrogens is 277 g/mol. The fraction of sp³-hybridized carbons (Fsp3) is 0.455. The van der Waals surface area contributed by atoms with Gasteiger partial charge in [0.2, 0.25) is 5.95 Å². The second-order valence-corrected chi connectivity index (χ2v) is 5.01. The number of rotatable bonds is 4. The molecule has 4 nitrogen and oxygen atoms in total. The van der Waals surface area contributed by atoms with Gasteiger partial charge in [-0.15, -0.1) is 11.3 Å². The summed E-state index contributed by atoms with van der Waals surface area (Å²) in [6.45, 7) is 0.875. The molecule has 2 rings (SSSR count). The van der Waals surface area contributed by atoms with Crippen LogP contribution in [0, 0.1) is 0 Å². The number of thiophene rings is 1. The highest BCUT2D eigenvalue weighted by atomic mass is 32.1. The van der Waals surface area contributed by atoms with Crippen LogP contribution in [0.4, 0.5) is 24.9 Å². The predicted molar refractivity (Wildman–Crippen MR) is 70.9 cm³/mol. The summed E-state index contributed by atoms with van der Waals surface area (Å²) in [4.78, 5) is 10.0. The van der Waals surface area contributed by atoms with Crippen LogP contribution in [0.2, 0.25) is 0 Å². The summed E-state index contributed by atoms with van der Waals surface area (Å²) in [7, 11) is 1.63. The fourth-order valence-corrected chi connectivity index (χ4v) is 2.54. The summed E-state index contributed by atoms with van der Waals surface area (Å²) in [5.41, 5.74) is 0. The first-order valence-electron chi connectivity index (χ1n) is 5.71. The Labute approximate surface area is 112 Å². The van der Waals surface area contributed by atoms with E-state index >= 15 is 0 Å². The molecule has 0 aromatic carbocycles. The van der Waals surface area contributed by atoms with E-state index in [1.165, 1.54) is 11.3 Å². The van der Waals surface area contributed by atoms with E-state index in [0.717, 1.165) is 11.3 Å². The Kier molecular flexibility index (Phi) is 3.79. The van der Waals surface area contributed by atoms with E-state index in [1.807, 2.05) is 13.0 Å². The summed E-state index contributed by atoms with van der Waals surface area (Å²) >= 11 is 1.46. The summed E-state index contributed by atoms with van der Waals surface area (Å²) in [5, 5.41) is 5.71. The third-order valence-electron chi connectivity index (χ3n) is 2.47. The van der Waals surface area contributed by atoms with Gasteiger partial charge in [-0.1, -0.05) is 6.92 Å². The Morgan fingerprint density at radius 3 is 2.63 bits per heavy atom. The monoisotopic (exact) mass is 290 g/mol. The van der Waals surface area contributed by atoms with E-state index in [-0.39, 0.29) is 5.82 Å². The van der Waals surface area contributed by atoms with Crippen LogP contribution in [0.1, 0.15) is 11.8 Å². The summed E-state index contributed by atoms with van der Waals surface area (Å²) < 4.78 is 36.8. The Balaban J connectivity index is 2.41. The first-order valence-corrected chi connectivity index (χ1v) is 6.53. The van der Waals surface area contributed by atoms with Gasteiger partial charge < -0.3 is 10.6 Å². The van der Waals surface area contributed by atoms with Crippen molar-refractivity contribution in [3.8, 4) is 0 Å². The normalized spacial score (nSPS) is 11.8. The quantitative estimate of drug-likeness (QED) is 0.907. The lowest BCUT2D eigenvalue weighted by atomic mass is 10.3. The van der Waals surface area contributed by atoms with E-state index < -0.39 is 12.7 Å². The standard InChI is InChI=1S/C11H13F3N4S/c1-3-6-4-7-8(16-5-11(12,13)14)17-10(15-2)18-9(7)19-6/h4H,3,5H2,1-2H3,(H2,15,16,17,18). The van der Waals surface area contributed by atoms with Gasteiger partial charge in [0.25, 0.3) is 0 Å². The molecular formula is C11H13F3N4S. The first kappa shape index (κ1) is 13.9. The Morgan fingerprint density at radius 1 is 1.32 bits per heavy atom. The van der Waals surface area contributed by atoms with Crippen molar-refractivity contribution in [2.24, 2.45) is 0 Å². The second kappa shape index (κ2) is 5.20. The first-order chi connectivity index (χ1) is 8.93. The number of nitrogens with one attached hydrogen (secondary N) is 2. The van der Waals surface area contributed by atoms with E-state index in [4.69, 9.17) is 0 Å². The van der Waals surface area contributed by atoms with Crippen molar-refractivity contribution >= 4 is 33.3 Å². The van der Waals surface area contributed by atoms with Crippen LogP contribution in [0.15, 0.2) is 6.07 Å². The summed E-state index contributed by atoms with van der Waals surface area (Å²) in [6.07, 6.45) is -3.46. The predicted octanol–water partition coefficient (Wildman–Crippen LogP) is 3.27. The van der Waals surface area contributed by atoms with Crippen molar-refractivity contribution in [3.63, 3.8) is 0 Å². The zero-order valence-electron chi connectivity index (χ0n) is 10.4. The molecule has 0 saturated carbocycles. The van der Waals surface area contributed by atoms with Gasteiger partial charge in [0.15, 0.2) is 0 Å². The van der Waals surface area contributed by atoms with Crippen molar-refractivity contribution in [1.82, 2.24) is 9.97 Å². The molecule has 0 aliphatic carbocycles. The lowest BCUT2D eigenvalue weighted by molar-refractivity contribution is -0.115. The van der Waals surface area contributed by atoms with Crippen molar-refractivity contribution in [1.29, 1.82) is 0 Å². The molecule has 2 aromatic heterocycles. The molecule has 0 aliphatic heterocycles. The molecule has 0 fully saturated rings. The minimum absolute atomic E-state index is 0.211. The molecule has 0 saturated heterocycles. The Bertz CT molecular complexity index is 579. The maximum atomic E-state index is 12.3. The number of aryl methyl sites for hydroxylation is 1. The van der Waals surface area contributed by atoms with Crippen LogP contribution in [-0.2, 0) is 6.42 Å². The molecule has 2 N–H and O–H groups in total. The molecule has 0 unspecified atom stereocenters. The molecule has 0 radical (unpaired) electrons. The third-order valence-corrected chi connectivity index (χ3v) is 3.65. The molecule has 0 atom stereocenters. The lowest BCUT2D eigenvalue weighted by Gasteiger charge is -2.10. The highest BCUT2D eigenvalue weighted by Crippen LogP contribution is 2.30. The van der Waals surface area contributed by atoms with Crippen molar-refractivity contribution in [2.45, 2.75) is 19.5 Å². The van der Waals surface area contributed by atoms with E-state index in [2.05, 4.69) is 20.6 Å². The van der Waals surface area contributed by atoms with Crippen LogP contribution < -0.4 is 10.6 Å². The van der Waals surface area contributed by atoms with Crippen LogP contribution in [0.25, 0.3) is 10.2 Å². The molecule has 2 aromatic rings. The van der Waals surface area contributed by atoms with Gasteiger partial charge in [-0.2, -0.15) is 18.2 Å². The largest absolute Gasteiger partial charge is 0.405 e. The zero-order chi connectivity index (χ0) is 14.0. The fourth-order valence-electron chi connectivity index (χ4n) is 1.58. The maximum absolute atomic E-state index is 12.3. The maximum Gasteiger partial charge on any atom is 0.405 e. The average molecular weight is 290 g/mol. The Morgan fingerprint density at radius 2 is 2.05 bits per heavy atom. The topological polar surface area (TPSA) is 49.8 Å². The SMILES string of the molecule is CCc1cc2c(NCC(F)(F)F)nc(NC)nc2s1. The van der Waals surface area contributed by atoms with Crippen molar-refractivity contribution in [2.75, 3.05) is 24.2 Å². The number of anilines is 2. The van der Waals surface area contributed by atoms with E-state index in [9.17, 15) is 13.2 Å². The van der Waals surface area contributed by atoms with Crippen LogP contribution in [0.5, 0.6) is 0 Å². The number of alkyl halides is 3. The molecule has 0 amide bonds. The van der Waals surface area contributed by atoms with Gasteiger partial charge in [0.05, 0.1) is 5.39 Å². The van der Waals surface area contributed by atoms with Crippen LogP contribution in [-0.4, -0.2) is 29.7 Å². The number of hydrogen-bond acceptors (Lipinski definition) is 5. The van der Waals surface area contributed by atoms with Crippen LogP contribution >= 0.6 is 11.3 Å². The molecule has 104 valence electrons. The van der Waals surface area contributed by atoms with Crippen LogP contribution in [0.3, 0.4) is 0 Å². The zero-order valence-corrected chi connectivity index (χ0v) is 11.2. The lowest BCUT2D eigenvalue weighted by Crippen LogP contribution is -2.22. The smallest absolute Gasteiger partial charge is 0.360 e. The molecule has 2 heterocycles. The van der Waals surface area contributed by atoms with Gasteiger partial charge in [-0.3, -0.25) is 0 Å².